The first-order chi connectivity index (χ1) is 5.29. The fraction of sp³-hybridized carbons (Fsp3) is 0.333. The number of hydrogen-bond acceptors (Lipinski definition) is 2. The fourth-order valence-electron chi connectivity index (χ4n) is 1.97. The molecule has 0 aromatic carbocycles. The third-order valence-electron chi connectivity index (χ3n) is 2.67. The van der Waals surface area contributed by atoms with Crippen LogP contribution >= 0.6 is 0 Å². The Morgan fingerprint density at radius 2 is 2.00 bits per heavy atom. The van der Waals surface area contributed by atoms with Crippen molar-refractivity contribution < 1.29 is 9.84 Å². The van der Waals surface area contributed by atoms with Crippen molar-refractivity contribution in [3.8, 4) is 0 Å². The van der Waals surface area contributed by atoms with Crippen LogP contribution in [0.15, 0.2) is 36.5 Å². The minimum Gasteiger partial charge on any atom is -0.386 e. The molecule has 0 aromatic rings. The summed E-state index contributed by atoms with van der Waals surface area (Å²) < 4.78 is 5.49. The van der Waals surface area contributed by atoms with Gasteiger partial charge in [0.1, 0.15) is 11.7 Å². The van der Waals surface area contributed by atoms with E-state index in [4.69, 9.17) is 4.74 Å². The molecule has 1 heterocycles. The Balaban J connectivity index is 2.17. The lowest BCUT2D eigenvalue weighted by molar-refractivity contribution is 0.138. The van der Waals surface area contributed by atoms with Crippen molar-refractivity contribution in [1.29, 1.82) is 0 Å². The summed E-state index contributed by atoms with van der Waals surface area (Å²) in [5, 5.41) is 9.52. The summed E-state index contributed by atoms with van der Waals surface area (Å²) in [6, 6.07) is 0. The Morgan fingerprint density at radius 3 is 2.82 bits per heavy atom. The highest BCUT2D eigenvalue weighted by molar-refractivity contribution is 5.51. The first kappa shape index (κ1) is 5.75. The van der Waals surface area contributed by atoms with Crippen LogP contribution in [0.2, 0.25) is 0 Å². The van der Waals surface area contributed by atoms with Crippen molar-refractivity contribution in [2.45, 2.75) is 17.3 Å². The number of allylic oxidation sites excluding steroid dienone is 2. The molecule has 2 aliphatic carbocycles. The maximum atomic E-state index is 9.52. The molecule has 56 valence electrons. The molecular weight excluding hydrogens is 140 g/mol. The van der Waals surface area contributed by atoms with E-state index in [1.54, 1.807) is 6.08 Å². The second-order valence-electron chi connectivity index (χ2n) is 3.21. The molecule has 0 saturated carbocycles. The van der Waals surface area contributed by atoms with Crippen LogP contribution in [0.25, 0.3) is 0 Å². The van der Waals surface area contributed by atoms with Crippen LogP contribution in [0.3, 0.4) is 0 Å². The van der Waals surface area contributed by atoms with Gasteiger partial charge in [-0.05, 0) is 18.2 Å². The lowest BCUT2D eigenvalue weighted by Crippen LogP contribution is -2.29. The van der Waals surface area contributed by atoms with Crippen LogP contribution in [0.1, 0.15) is 0 Å². The van der Waals surface area contributed by atoms with E-state index in [-0.39, 0.29) is 5.60 Å². The van der Waals surface area contributed by atoms with Gasteiger partial charge in [-0.2, -0.15) is 0 Å². The molecule has 3 atom stereocenters. The van der Waals surface area contributed by atoms with Gasteiger partial charge in [0, 0.05) is 0 Å². The third kappa shape index (κ3) is 0.424. The predicted molar refractivity (Wildman–Crippen MR) is 40.0 cm³/mol. The van der Waals surface area contributed by atoms with Gasteiger partial charge in [0.15, 0.2) is 5.60 Å². The Kier molecular flexibility index (Phi) is 0.708. The van der Waals surface area contributed by atoms with Gasteiger partial charge in [-0.25, -0.2) is 0 Å². The normalized spacial score (nSPS) is 55.9. The maximum Gasteiger partial charge on any atom is 0.154 e. The molecule has 0 radical (unpaired) electrons. The molecule has 2 nitrogen and oxygen atoms in total. The minimum absolute atomic E-state index is 0.291. The molecule has 0 spiro atoms. The van der Waals surface area contributed by atoms with E-state index in [1.807, 2.05) is 30.4 Å². The van der Waals surface area contributed by atoms with Gasteiger partial charge in [0.2, 0.25) is 0 Å². The topological polar surface area (TPSA) is 32.8 Å². The molecule has 3 aliphatic rings. The van der Waals surface area contributed by atoms with Gasteiger partial charge in [-0.15, -0.1) is 0 Å². The third-order valence-corrected chi connectivity index (χ3v) is 2.67. The SMILES string of the molecule is O[C@H]1C=C[C@@]23C=CC=C[C@@]12O3. The second-order valence-corrected chi connectivity index (χ2v) is 3.21. The van der Waals surface area contributed by atoms with Crippen molar-refractivity contribution in [2.24, 2.45) is 0 Å². The summed E-state index contributed by atoms with van der Waals surface area (Å²) in [4.78, 5) is 0. The average Bonchev–Trinajstić information content (AvgIpc) is 2.63. The van der Waals surface area contributed by atoms with Crippen molar-refractivity contribution in [1.82, 2.24) is 0 Å². The highest BCUT2D eigenvalue weighted by atomic mass is 16.6. The van der Waals surface area contributed by atoms with Crippen LogP contribution in [-0.2, 0) is 4.74 Å². The van der Waals surface area contributed by atoms with Crippen LogP contribution in [0, 0.1) is 0 Å². The zero-order valence-corrected chi connectivity index (χ0v) is 5.90. The molecule has 3 rings (SSSR count). The molecule has 2 heteroatoms. The standard InChI is InChI=1S/C9H8O2/c10-7-3-6-8-4-1-2-5-9(7,8)11-8/h1-7,10H/t7-,8-,9+/m0/s1. The minimum atomic E-state index is -0.469. The quantitative estimate of drug-likeness (QED) is 0.402. The monoisotopic (exact) mass is 148 g/mol. The van der Waals surface area contributed by atoms with Crippen molar-refractivity contribution in [3.63, 3.8) is 0 Å². The summed E-state index contributed by atoms with van der Waals surface area (Å²) in [5.41, 5.74) is -0.719. The van der Waals surface area contributed by atoms with E-state index in [0.717, 1.165) is 0 Å². The van der Waals surface area contributed by atoms with E-state index in [2.05, 4.69) is 0 Å². The molecule has 0 bridgehead atoms. The summed E-state index contributed by atoms with van der Waals surface area (Å²) >= 11 is 0. The Hall–Kier alpha value is -0.860. The van der Waals surface area contributed by atoms with E-state index >= 15 is 0 Å². The molecule has 1 N–H and O–H groups in total. The zero-order chi connectivity index (χ0) is 7.53. The van der Waals surface area contributed by atoms with E-state index in [0.29, 0.717) is 0 Å². The number of ether oxygens (including phenoxy) is 1. The lowest BCUT2D eigenvalue weighted by Gasteiger charge is -2.10. The van der Waals surface area contributed by atoms with Crippen LogP contribution < -0.4 is 0 Å². The first-order valence-electron chi connectivity index (χ1n) is 3.74. The molecule has 0 amide bonds. The highest BCUT2D eigenvalue weighted by Crippen LogP contribution is 2.59. The van der Waals surface area contributed by atoms with Crippen LogP contribution in [-0.4, -0.2) is 22.4 Å². The Labute approximate surface area is 64.5 Å². The maximum absolute atomic E-state index is 9.52. The predicted octanol–water partition coefficient (Wildman–Crippen LogP) is 0.551. The molecule has 1 saturated heterocycles. The summed E-state index contributed by atoms with van der Waals surface area (Å²) in [5.74, 6) is 0. The Morgan fingerprint density at radius 1 is 1.18 bits per heavy atom. The summed E-state index contributed by atoms with van der Waals surface area (Å²) in [6.07, 6.45) is 11.0. The number of epoxide rings is 1. The van der Waals surface area contributed by atoms with Crippen molar-refractivity contribution in [2.75, 3.05) is 0 Å². The molecule has 1 aliphatic heterocycles. The second kappa shape index (κ2) is 1.36. The number of aliphatic hydroxyl groups excluding tert-OH is 1. The zero-order valence-electron chi connectivity index (χ0n) is 5.90. The van der Waals surface area contributed by atoms with Gasteiger partial charge < -0.3 is 9.84 Å². The van der Waals surface area contributed by atoms with E-state index in [9.17, 15) is 5.11 Å². The smallest absolute Gasteiger partial charge is 0.154 e. The highest BCUT2D eigenvalue weighted by Gasteiger charge is 2.72. The number of aliphatic hydroxyl groups is 1. The van der Waals surface area contributed by atoms with Gasteiger partial charge >= 0.3 is 0 Å². The number of hydrogen-bond donors (Lipinski definition) is 1. The van der Waals surface area contributed by atoms with Crippen LogP contribution in [0.5, 0.6) is 0 Å². The van der Waals surface area contributed by atoms with E-state index < -0.39 is 11.7 Å². The van der Waals surface area contributed by atoms with Gasteiger partial charge in [-0.3, -0.25) is 0 Å². The van der Waals surface area contributed by atoms with Crippen LogP contribution in [0.4, 0.5) is 0 Å². The molecule has 1 fully saturated rings. The molecule has 11 heavy (non-hydrogen) atoms. The van der Waals surface area contributed by atoms with E-state index in [1.165, 1.54) is 0 Å². The summed E-state index contributed by atoms with van der Waals surface area (Å²) in [7, 11) is 0. The average molecular weight is 148 g/mol. The number of rotatable bonds is 0. The van der Waals surface area contributed by atoms with Crippen molar-refractivity contribution in [3.05, 3.63) is 36.5 Å². The van der Waals surface area contributed by atoms with Gasteiger partial charge in [0.25, 0.3) is 0 Å². The molecule has 0 aromatic heterocycles. The van der Waals surface area contributed by atoms with Crippen molar-refractivity contribution >= 4 is 0 Å². The first-order valence-corrected chi connectivity index (χ1v) is 3.74. The Bertz CT molecular complexity index is 303. The molecular formula is C9H8O2. The summed E-state index contributed by atoms with van der Waals surface area (Å²) in [6.45, 7) is 0. The largest absolute Gasteiger partial charge is 0.386 e. The fourth-order valence-corrected chi connectivity index (χ4v) is 1.97. The van der Waals surface area contributed by atoms with Gasteiger partial charge in [0.05, 0.1) is 0 Å². The van der Waals surface area contributed by atoms with Gasteiger partial charge in [-0.1, -0.05) is 18.2 Å². The molecule has 0 unspecified atom stereocenters. The lowest BCUT2D eigenvalue weighted by atomic mass is 9.90.